The first-order valence-electron chi connectivity index (χ1n) is 14.8. The second-order valence-corrected chi connectivity index (χ2v) is 13.2. The third kappa shape index (κ3) is 7.34. The van der Waals surface area contributed by atoms with E-state index in [1.54, 1.807) is 26.4 Å². The van der Waals surface area contributed by atoms with E-state index in [4.69, 9.17) is 28.4 Å². The van der Waals surface area contributed by atoms with E-state index >= 15 is 0 Å². The van der Waals surface area contributed by atoms with Gasteiger partial charge in [0, 0.05) is 57.9 Å². The van der Waals surface area contributed by atoms with Crippen LogP contribution in [0.4, 0.5) is 0 Å². The number of rotatable bonds is 10. The van der Waals surface area contributed by atoms with Crippen LogP contribution in [0, 0.1) is 13.8 Å². The SMILES string of the molecule is COC1=C(NC(=O)c2ccc(Oc3c(C)cc(C)c4c3OC(C)(C)C4)o2)C(OC)PC(=NCCCN2CCN(C)CC2)N1. The summed E-state index contributed by atoms with van der Waals surface area (Å²) in [6, 6.07) is 5.30. The Balaban J connectivity index is 1.23. The summed E-state index contributed by atoms with van der Waals surface area (Å²) in [5.74, 6) is 1.17. The Labute approximate surface area is 255 Å². The molecule has 3 aliphatic heterocycles. The zero-order valence-corrected chi connectivity index (χ0v) is 27.3. The lowest BCUT2D eigenvalue weighted by molar-refractivity contribution is 0.0910. The number of aryl methyl sites for hydroxylation is 2. The highest BCUT2D eigenvalue weighted by molar-refractivity contribution is 7.59. The van der Waals surface area contributed by atoms with Gasteiger partial charge < -0.3 is 43.8 Å². The number of nitrogens with one attached hydrogen (secondary N) is 2. The van der Waals surface area contributed by atoms with E-state index in [-0.39, 0.29) is 25.9 Å². The van der Waals surface area contributed by atoms with Crippen LogP contribution in [0.25, 0.3) is 0 Å². The number of piperazine rings is 1. The smallest absolute Gasteiger partial charge is 0.291 e. The normalized spacial score (nSPS) is 21.9. The van der Waals surface area contributed by atoms with E-state index in [9.17, 15) is 4.79 Å². The molecule has 4 heterocycles. The number of hydrogen-bond acceptors (Lipinski definition) is 9. The minimum Gasteiger partial charge on any atom is -0.483 e. The number of hydrogen-bond donors (Lipinski definition) is 2. The molecule has 0 bridgehead atoms. The average molecular weight is 614 g/mol. The number of amides is 1. The molecule has 1 aromatic heterocycles. The number of methoxy groups -OCH3 is 2. The van der Waals surface area contributed by atoms with Gasteiger partial charge in [-0.3, -0.25) is 9.79 Å². The van der Waals surface area contributed by atoms with Crippen molar-refractivity contribution >= 4 is 20.1 Å². The van der Waals surface area contributed by atoms with Crippen molar-refractivity contribution in [3.8, 4) is 17.4 Å². The lowest BCUT2D eigenvalue weighted by atomic mass is 9.96. The van der Waals surface area contributed by atoms with Crippen LogP contribution in [0.5, 0.6) is 17.4 Å². The topological polar surface area (TPSA) is 110 Å². The summed E-state index contributed by atoms with van der Waals surface area (Å²) < 4.78 is 29.5. The van der Waals surface area contributed by atoms with Gasteiger partial charge in [-0.2, -0.15) is 0 Å². The second kappa shape index (κ2) is 13.3. The quantitative estimate of drug-likeness (QED) is 0.301. The van der Waals surface area contributed by atoms with Gasteiger partial charge in [0.05, 0.1) is 7.11 Å². The van der Waals surface area contributed by atoms with Crippen molar-refractivity contribution in [1.82, 2.24) is 20.4 Å². The Morgan fingerprint density at radius 3 is 2.67 bits per heavy atom. The van der Waals surface area contributed by atoms with Crippen molar-refractivity contribution in [2.45, 2.75) is 52.0 Å². The van der Waals surface area contributed by atoms with Gasteiger partial charge in [-0.1, -0.05) is 6.07 Å². The number of furan rings is 1. The summed E-state index contributed by atoms with van der Waals surface area (Å²) in [6.45, 7) is 14.3. The lowest BCUT2D eigenvalue weighted by Crippen LogP contribution is -2.44. The zero-order chi connectivity index (χ0) is 30.7. The summed E-state index contributed by atoms with van der Waals surface area (Å²) in [6.07, 6.45) is 1.77. The summed E-state index contributed by atoms with van der Waals surface area (Å²) in [4.78, 5) is 22.9. The van der Waals surface area contributed by atoms with Crippen LogP contribution in [0.3, 0.4) is 0 Å². The fourth-order valence-corrected chi connectivity index (χ4v) is 6.68. The van der Waals surface area contributed by atoms with Gasteiger partial charge in [-0.15, -0.1) is 0 Å². The molecule has 234 valence electrons. The van der Waals surface area contributed by atoms with E-state index in [0.717, 1.165) is 68.0 Å². The number of carbonyl (C=O) groups is 1. The van der Waals surface area contributed by atoms with Gasteiger partial charge in [0.1, 0.15) is 22.7 Å². The Bertz CT molecular complexity index is 1400. The molecule has 5 rings (SSSR count). The number of benzene rings is 1. The first kappa shape index (κ1) is 31.3. The van der Waals surface area contributed by atoms with Crippen molar-refractivity contribution in [2.24, 2.45) is 4.99 Å². The lowest BCUT2D eigenvalue weighted by Gasteiger charge is -2.32. The summed E-state index contributed by atoms with van der Waals surface area (Å²) in [5.41, 5.74) is 4.19. The minimum absolute atomic E-state index is 0.0992. The molecule has 0 saturated carbocycles. The highest BCUT2D eigenvalue weighted by Gasteiger charge is 2.35. The van der Waals surface area contributed by atoms with E-state index in [1.165, 1.54) is 5.56 Å². The zero-order valence-electron chi connectivity index (χ0n) is 26.3. The van der Waals surface area contributed by atoms with Crippen LogP contribution < -0.4 is 20.1 Å². The predicted octanol–water partition coefficient (Wildman–Crippen LogP) is 4.20. The van der Waals surface area contributed by atoms with Gasteiger partial charge in [0.25, 0.3) is 11.9 Å². The number of likely N-dealkylation sites (N-methyl/N-ethyl adjacent to an activating group) is 1. The van der Waals surface area contributed by atoms with Crippen LogP contribution in [0.15, 0.2) is 39.2 Å². The van der Waals surface area contributed by atoms with Crippen molar-refractivity contribution in [3.05, 3.63) is 52.2 Å². The van der Waals surface area contributed by atoms with Crippen LogP contribution in [0.1, 0.15) is 47.5 Å². The molecule has 1 fully saturated rings. The molecular formula is C31H44N5O6P. The molecular weight excluding hydrogens is 569 g/mol. The molecule has 1 aromatic carbocycles. The molecule has 1 amide bonds. The molecule has 0 aliphatic carbocycles. The largest absolute Gasteiger partial charge is 0.483 e. The van der Waals surface area contributed by atoms with E-state index < -0.39 is 11.8 Å². The molecule has 12 heteroatoms. The van der Waals surface area contributed by atoms with Crippen LogP contribution >= 0.6 is 8.58 Å². The van der Waals surface area contributed by atoms with Crippen molar-refractivity contribution in [3.63, 3.8) is 0 Å². The number of ether oxygens (including phenoxy) is 4. The van der Waals surface area contributed by atoms with Gasteiger partial charge in [0.2, 0.25) is 5.88 Å². The third-order valence-corrected chi connectivity index (χ3v) is 9.27. The van der Waals surface area contributed by atoms with E-state index in [1.807, 2.05) is 6.92 Å². The first-order chi connectivity index (χ1) is 20.6. The highest BCUT2D eigenvalue weighted by Crippen LogP contribution is 2.47. The summed E-state index contributed by atoms with van der Waals surface area (Å²) >= 11 is 0. The molecule has 0 spiro atoms. The Hall–Kier alpha value is -3.11. The number of fused-ring (bicyclic) bond motifs is 1. The number of nitrogens with zero attached hydrogens (tertiary/aromatic N) is 3. The molecule has 2 atom stereocenters. The minimum atomic E-state index is -0.441. The number of amidine groups is 1. The molecule has 2 aromatic rings. The Morgan fingerprint density at radius 1 is 1.19 bits per heavy atom. The third-order valence-electron chi connectivity index (χ3n) is 7.93. The fourth-order valence-electron chi connectivity index (χ4n) is 5.58. The molecule has 1 saturated heterocycles. The van der Waals surface area contributed by atoms with Gasteiger partial charge in [-0.05, 0) is 73.5 Å². The van der Waals surface area contributed by atoms with Gasteiger partial charge in [-0.25, -0.2) is 0 Å². The maximum absolute atomic E-state index is 13.3. The molecule has 3 aliphatic rings. The number of carbonyl (C=O) groups excluding carboxylic acids is 1. The Morgan fingerprint density at radius 2 is 1.95 bits per heavy atom. The van der Waals surface area contributed by atoms with E-state index in [2.05, 4.69) is 54.3 Å². The molecule has 0 radical (unpaired) electrons. The van der Waals surface area contributed by atoms with Crippen molar-refractivity contribution in [2.75, 3.05) is 60.5 Å². The predicted molar refractivity (Wildman–Crippen MR) is 168 cm³/mol. The highest BCUT2D eigenvalue weighted by atomic mass is 31.1. The monoisotopic (exact) mass is 613 g/mol. The number of aliphatic imine (C=N–C) groups is 1. The van der Waals surface area contributed by atoms with Crippen LogP contribution in [0.2, 0.25) is 0 Å². The molecule has 2 N–H and O–H groups in total. The van der Waals surface area contributed by atoms with Crippen molar-refractivity contribution < 1.29 is 28.2 Å². The van der Waals surface area contributed by atoms with Gasteiger partial charge in [0.15, 0.2) is 17.3 Å². The van der Waals surface area contributed by atoms with Crippen molar-refractivity contribution in [1.29, 1.82) is 0 Å². The maximum atomic E-state index is 13.3. The average Bonchev–Trinajstić information content (AvgIpc) is 3.58. The summed E-state index contributed by atoms with van der Waals surface area (Å²) in [7, 11) is 5.50. The molecule has 11 nitrogen and oxygen atoms in total. The summed E-state index contributed by atoms with van der Waals surface area (Å²) in [5, 5.41) is 6.15. The fraction of sp³-hybridized carbons (Fsp3) is 0.548. The Kier molecular flexibility index (Phi) is 9.66. The molecule has 2 unspecified atom stereocenters. The van der Waals surface area contributed by atoms with Crippen LogP contribution in [-0.2, 0) is 15.9 Å². The standard InChI is InChI=1S/C31H44N5O6P/c1-19-17-20(2)25(26-21(19)18-31(3,4)42-26)41-23-10-9-22(40-23)27(37)33-24-28(38-6)34-30(43-29(24)39-7)32-11-8-12-36-15-13-35(5)14-16-36/h9-10,17,29,43H,8,11-16,18H2,1-7H3,(H,32,34)(H,33,37). The van der Waals surface area contributed by atoms with Gasteiger partial charge >= 0.3 is 0 Å². The maximum Gasteiger partial charge on any atom is 0.291 e. The van der Waals surface area contributed by atoms with Crippen LogP contribution in [-0.4, -0.2) is 93.3 Å². The molecule has 43 heavy (non-hydrogen) atoms. The first-order valence-corrected chi connectivity index (χ1v) is 15.9. The second-order valence-electron chi connectivity index (χ2n) is 11.9. The van der Waals surface area contributed by atoms with E-state index in [0.29, 0.717) is 23.9 Å².